The third kappa shape index (κ3) is 3.14. The van der Waals surface area contributed by atoms with Crippen LogP contribution in [-0.4, -0.2) is 29.9 Å². The molecule has 0 unspecified atom stereocenters. The minimum atomic E-state index is -0.891. The summed E-state index contributed by atoms with van der Waals surface area (Å²) in [7, 11) is 2.93. The molecular weight excluding hydrogens is 318 g/mol. The van der Waals surface area contributed by atoms with E-state index in [0.717, 1.165) is 12.1 Å². The summed E-state index contributed by atoms with van der Waals surface area (Å²) in [6.07, 6.45) is 0. The van der Waals surface area contributed by atoms with Crippen molar-refractivity contribution in [3.05, 3.63) is 68.3 Å². The number of benzene rings is 2. The van der Waals surface area contributed by atoms with E-state index in [1.807, 2.05) is 0 Å². The minimum absolute atomic E-state index is 0.0410. The maximum absolute atomic E-state index is 12.5. The van der Waals surface area contributed by atoms with Gasteiger partial charge in [-0.3, -0.25) is 25.0 Å². The molecule has 2 aromatic carbocycles. The van der Waals surface area contributed by atoms with Gasteiger partial charge in [0.05, 0.1) is 22.6 Å². The standard InChI is InChI=1S/C15H13N3O6/c1-16(12-5-3-4-6-14(12)24-2)15(19)10-7-8-11(17(20)21)13(9-10)18(22)23/h3-9H,1-2H3. The molecule has 0 saturated heterocycles. The Morgan fingerprint density at radius 2 is 1.67 bits per heavy atom. The van der Waals surface area contributed by atoms with Crippen LogP contribution in [0.1, 0.15) is 10.4 Å². The number of rotatable bonds is 5. The predicted octanol–water partition coefficient (Wildman–Crippen LogP) is 2.79. The van der Waals surface area contributed by atoms with Crippen molar-refractivity contribution in [2.45, 2.75) is 0 Å². The molecule has 24 heavy (non-hydrogen) atoms. The zero-order chi connectivity index (χ0) is 17.9. The number of hydrogen-bond acceptors (Lipinski definition) is 6. The number of nitro groups is 2. The molecule has 0 aliphatic rings. The molecule has 9 heteroatoms. The van der Waals surface area contributed by atoms with Crippen LogP contribution >= 0.6 is 0 Å². The molecule has 0 heterocycles. The molecule has 0 atom stereocenters. The Labute approximate surface area is 136 Å². The van der Waals surface area contributed by atoms with Crippen molar-refractivity contribution in [3.63, 3.8) is 0 Å². The molecule has 2 rings (SSSR count). The summed E-state index contributed by atoms with van der Waals surface area (Å²) in [5, 5.41) is 21.8. The second kappa shape index (κ2) is 6.73. The number of ether oxygens (including phenoxy) is 1. The molecule has 0 radical (unpaired) electrons. The molecule has 124 valence electrons. The molecule has 0 aliphatic heterocycles. The SMILES string of the molecule is COc1ccccc1N(C)C(=O)c1ccc([N+](=O)[O-])c([N+](=O)[O-])c1. The number of amides is 1. The smallest absolute Gasteiger partial charge is 0.346 e. The summed E-state index contributed by atoms with van der Waals surface area (Å²) in [6.45, 7) is 0. The van der Waals surface area contributed by atoms with E-state index in [1.54, 1.807) is 24.3 Å². The lowest BCUT2D eigenvalue weighted by molar-refractivity contribution is -0.422. The fraction of sp³-hybridized carbons (Fsp3) is 0.133. The van der Waals surface area contributed by atoms with Crippen LogP contribution in [0.2, 0.25) is 0 Å². The van der Waals surface area contributed by atoms with E-state index in [2.05, 4.69) is 0 Å². The lowest BCUT2D eigenvalue weighted by atomic mass is 10.1. The van der Waals surface area contributed by atoms with Crippen LogP contribution in [-0.2, 0) is 0 Å². The molecule has 1 amide bonds. The number of hydrogen-bond donors (Lipinski definition) is 0. The first kappa shape index (κ1) is 16.9. The first-order valence-corrected chi connectivity index (χ1v) is 6.70. The Kier molecular flexibility index (Phi) is 4.73. The van der Waals surface area contributed by atoms with Gasteiger partial charge in [0, 0.05) is 24.7 Å². The van der Waals surface area contributed by atoms with E-state index in [-0.39, 0.29) is 5.56 Å². The number of para-hydroxylation sites is 2. The van der Waals surface area contributed by atoms with E-state index < -0.39 is 27.1 Å². The van der Waals surface area contributed by atoms with Gasteiger partial charge in [0.15, 0.2) is 0 Å². The van der Waals surface area contributed by atoms with E-state index in [1.165, 1.54) is 25.1 Å². The highest BCUT2D eigenvalue weighted by molar-refractivity contribution is 6.07. The second-order valence-corrected chi connectivity index (χ2v) is 4.75. The highest BCUT2D eigenvalue weighted by Crippen LogP contribution is 2.31. The summed E-state index contributed by atoms with van der Waals surface area (Å²) in [5.41, 5.74) is -0.984. The van der Waals surface area contributed by atoms with Crippen LogP contribution in [0.4, 0.5) is 17.1 Å². The van der Waals surface area contributed by atoms with Crippen molar-refractivity contribution >= 4 is 23.0 Å². The van der Waals surface area contributed by atoms with Gasteiger partial charge in [0.1, 0.15) is 5.75 Å². The van der Waals surface area contributed by atoms with Gasteiger partial charge < -0.3 is 9.64 Å². The largest absolute Gasteiger partial charge is 0.495 e. The molecule has 0 fully saturated rings. The lowest BCUT2D eigenvalue weighted by Crippen LogP contribution is -2.26. The maximum Gasteiger partial charge on any atom is 0.346 e. The van der Waals surface area contributed by atoms with Gasteiger partial charge in [-0.05, 0) is 18.2 Å². The highest BCUT2D eigenvalue weighted by Gasteiger charge is 2.27. The first-order valence-electron chi connectivity index (χ1n) is 6.70. The first-order chi connectivity index (χ1) is 11.4. The van der Waals surface area contributed by atoms with Crippen LogP contribution < -0.4 is 9.64 Å². The summed E-state index contributed by atoms with van der Waals surface area (Å²) in [5.74, 6) is -0.109. The van der Waals surface area contributed by atoms with Gasteiger partial charge in [-0.1, -0.05) is 12.1 Å². The third-order valence-electron chi connectivity index (χ3n) is 3.37. The van der Waals surface area contributed by atoms with Crippen LogP contribution in [0.3, 0.4) is 0 Å². The fourth-order valence-electron chi connectivity index (χ4n) is 2.17. The fourth-order valence-corrected chi connectivity index (χ4v) is 2.17. The summed E-state index contributed by atoms with van der Waals surface area (Å²) in [6, 6.07) is 9.78. The van der Waals surface area contributed by atoms with Gasteiger partial charge >= 0.3 is 11.4 Å². The van der Waals surface area contributed by atoms with Gasteiger partial charge in [0.25, 0.3) is 5.91 Å². The number of nitrogens with zero attached hydrogens (tertiary/aromatic N) is 3. The molecule has 0 aliphatic carbocycles. The molecule has 0 saturated carbocycles. The lowest BCUT2D eigenvalue weighted by Gasteiger charge is -2.19. The summed E-state index contributed by atoms with van der Waals surface area (Å²) < 4.78 is 5.17. The molecule has 9 nitrogen and oxygen atoms in total. The van der Waals surface area contributed by atoms with Crippen molar-refractivity contribution in [2.24, 2.45) is 0 Å². The summed E-state index contributed by atoms with van der Waals surface area (Å²) in [4.78, 5) is 33.9. The van der Waals surface area contributed by atoms with Gasteiger partial charge in [-0.25, -0.2) is 0 Å². The number of carbonyl (C=O) groups excluding carboxylic acids is 1. The molecule has 0 bridgehead atoms. The number of carbonyl (C=O) groups is 1. The average Bonchev–Trinajstić information content (AvgIpc) is 2.59. The molecule has 2 aromatic rings. The van der Waals surface area contributed by atoms with Crippen molar-refractivity contribution in [1.82, 2.24) is 0 Å². The van der Waals surface area contributed by atoms with Gasteiger partial charge in [-0.15, -0.1) is 0 Å². The Morgan fingerprint density at radius 1 is 1.04 bits per heavy atom. The van der Waals surface area contributed by atoms with Gasteiger partial charge in [0.2, 0.25) is 0 Å². The van der Waals surface area contributed by atoms with Crippen LogP contribution in [0.5, 0.6) is 5.75 Å². The van der Waals surface area contributed by atoms with E-state index >= 15 is 0 Å². The van der Waals surface area contributed by atoms with E-state index in [4.69, 9.17) is 4.74 Å². The highest BCUT2D eigenvalue weighted by atomic mass is 16.6. The predicted molar refractivity (Wildman–Crippen MR) is 85.5 cm³/mol. The van der Waals surface area contributed by atoms with E-state index in [0.29, 0.717) is 11.4 Å². The monoisotopic (exact) mass is 331 g/mol. The van der Waals surface area contributed by atoms with Crippen molar-refractivity contribution in [1.29, 1.82) is 0 Å². The summed E-state index contributed by atoms with van der Waals surface area (Å²) >= 11 is 0. The van der Waals surface area contributed by atoms with Crippen molar-refractivity contribution in [3.8, 4) is 5.75 Å². The van der Waals surface area contributed by atoms with Crippen molar-refractivity contribution < 1.29 is 19.4 Å². The Balaban J connectivity index is 2.44. The Hall–Kier alpha value is -3.49. The zero-order valence-electron chi connectivity index (χ0n) is 12.8. The second-order valence-electron chi connectivity index (χ2n) is 4.75. The normalized spacial score (nSPS) is 10.1. The molecular formula is C15H13N3O6. The van der Waals surface area contributed by atoms with Crippen LogP contribution in [0.25, 0.3) is 0 Å². The van der Waals surface area contributed by atoms with Crippen LogP contribution in [0.15, 0.2) is 42.5 Å². The quantitative estimate of drug-likeness (QED) is 0.614. The zero-order valence-corrected chi connectivity index (χ0v) is 12.8. The van der Waals surface area contributed by atoms with E-state index in [9.17, 15) is 25.0 Å². The Bertz CT molecular complexity index is 821. The number of anilines is 1. The average molecular weight is 331 g/mol. The molecule has 0 N–H and O–H groups in total. The third-order valence-corrected chi connectivity index (χ3v) is 3.37. The maximum atomic E-state index is 12.5. The van der Waals surface area contributed by atoms with Crippen LogP contribution in [0, 0.1) is 20.2 Å². The topological polar surface area (TPSA) is 116 Å². The molecule has 0 spiro atoms. The van der Waals surface area contributed by atoms with Gasteiger partial charge in [-0.2, -0.15) is 0 Å². The minimum Gasteiger partial charge on any atom is -0.495 e. The van der Waals surface area contributed by atoms with Crippen molar-refractivity contribution in [2.75, 3.05) is 19.1 Å². The Morgan fingerprint density at radius 3 is 2.25 bits per heavy atom. The molecule has 0 aromatic heterocycles. The number of nitro benzene ring substituents is 2. The number of methoxy groups -OCH3 is 1.